The van der Waals surface area contributed by atoms with Crippen molar-refractivity contribution < 1.29 is 23.5 Å². The van der Waals surface area contributed by atoms with Crippen LogP contribution in [0.25, 0.3) is 10.1 Å². The highest BCUT2D eigenvalue weighted by Crippen LogP contribution is 2.29. The summed E-state index contributed by atoms with van der Waals surface area (Å²) in [4.78, 5) is 24.9. The number of carbonyl (C=O) groups excluding carboxylic acids is 2. The molecule has 27 heavy (non-hydrogen) atoms. The average molecular weight is 408 g/mol. The molecule has 0 fully saturated rings. The average Bonchev–Trinajstić information content (AvgIpc) is 3.05. The van der Waals surface area contributed by atoms with Crippen LogP contribution >= 0.6 is 22.9 Å². The van der Waals surface area contributed by atoms with Gasteiger partial charge in [-0.05, 0) is 54.8 Å². The van der Waals surface area contributed by atoms with Crippen LogP contribution in [0.3, 0.4) is 0 Å². The van der Waals surface area contributed by atoms with E-state index in [0.717, 1.165) is 4.70 Å². The SMILES string of the molecule is COc1ccc(Cl)cc1NC(=O)[C@H](C)OC(=O)c1cc2cc(F)ccc2s1. The number of hydrogen-bond acceptors (Lipinski definition) is 5. The molecule has 140 valence electrons. The summed E-state index contributed by atoms with van der Waals surface area (Å²) < 4.78 is 24.4. The largest absolute Gasteiger partial charge is 0.495 e. The fraction of sp³-hybridized carbons (Fsp3) is 0.158. The fourth-order valence-corrected chi connectivity index (χ4v) is 3.50. The predicted molar refractivity (Wildman–Crippen MR) is 103 cm³/mol. The standard InChI is InChI=1S/C19H15ClFNO4S/c1-10(18(23)22-14-9-12(20)3-5-15(14)25-2)26-19(24)17-8-11-7-13(21)4-6-16(11)27-17/h3-10H,1-2H3,(H,22,23)/t10-/m0/s1. The van der Waals surface area contributed by atoms with Crippen LogP contribution in [-0.2, 0) is 9.53 Å². The number of methoxy groups -OCH3 is 1. The van der Waals surface area contributed by atoms with Crippen LogP contribution < -0.4 is 10.1 Å². The Balaban J connectivity index is 1.70. The first-order chi connectivity index (χ1) is 12.9. The van der Waals surface area contributed by atoms with Crippen molar-refractivity contribution in [2.75, 3.05) is 12.4 Å². The van der Waals surface area contributed by atoms with Crippen molar-refractivity contribution in [3.8, 4) is 5.75 Å². The van der Waals surface area contributed by atoms with E-state index in [1.165, 1.54) is 49.6 Å². The summed E-state index contributed by atoms with van der Waals surface area (Å²) in [5, 5.41) is 3.65. The minimum atomic E-state index is -1.05. The van der Waals surface area contributed by atoms with Crippen LogP contribution in [-0.4, -0.2) is 25.1 Å². The fourth-order valence-electron chi connectivity index (χ4n) is 2.40. The van der Waals surface area contributed by atoms with Gasteiger partial charge in [-0.2, -0.15) is 0 Å². The number of anilines is 1. The Morgan fingerprint density at radius 2 is 1.96 bits per heavy atom. The summed E-state index contributed by atoms with van der Waals surface area (Å²) in [6, 6.07) is 10.6. The second-order valence-electron chi connectivity index (χ2n) is 5.67. The van der Waals surface area contributed by atoms with Crippen LogP contribution in [0.5, 0.6) is 5.75 Å². The molecule has 1 amide bonds. The molecule has 0 aliphatic heterocycles. The topological polar surface area (TPSA) is 64.6 Å². The summed E-state index contributed by atoms with van der Waals surface area (Å²) in [7, 11) is 1.46. The lowest BCUT2D eigenvalue weighted by atomic mass is 10.2. The molecule has 1 heterocycles. The minimum Gasteiger partial charge on any atom is -0.495 e. The molecular formula is C19H15ClFNO4S. The molecule has 0 aliphatic rings. The van der Waals surface area contributed by atoms with Crippen LogP contribution in [0.2, 0.25) is 5.02 Å². The first kappa shape index (κ1) is 19.1. The molecule has 0 unspecified atom stereocenters. The van der Waals surface area contributed by atoms with Gasteiger partial charge in [0.05, 0.1) is 12.8 Å². The van der Waals surface area contributed by atoms with Gasteiger partial charge in [-0.1, -0.05) is 11.6 Å². The van der Waals surface area contributed by atoms with Gasteiger partial charge in [-0.25, -0.2) is 9.18 Å². The van der Waals surface area contributed by atoms with E-state index in [4.69, 9.17) is 21.1 Å². The van der Waals surface area contributed by atoms with Crippen LogP contribution in [0, 0.1) is 5.82 Å². The van der Waals surface area contributed by atoms with Gasteiger partial charge in [0.2, 0.25) is 0 Å². The first-order valence-electron chi connectivity index (χ1n) is 7.92. The predicted octanol–water partition coefficient (Wildman–Crippen LogP) is 4.89. The summed E-state index contributed by atoms with van der Waals surface area (Å²) in [6.45, 7) is 1.46. The van der Waals surface area contributed by atoms with Crippen molar-refractivity contribution in [1.29, 1.82) is 0 Å². The quantitative estimate of drug-likeness (QED) is 0.612. The highest BCUT2D eigenvalue weighted by atomic mass is 35.5. The molecule has 1 N–H and O–H groups in total. The molecule has 1 aromatic heterocycles. The zero-order valence-corrected chi connectivity index (χ0v) is 16.0. The lowest BCUT2D eigenvalue weighted by molar-refractivity contribution is -0.123. The van der Waals surface area contributed by atoms with Crippen LogP contribution in [0.1, 0.15) is 16.6 Å². The van der Waals surface area contributed by atoms with Crippen molar-refractivity contribution in [1.82, 2.24) is 0 Å². The first-order valence-corrected chi connectivity index (χ1v) is 9.11. The molecular weight excluding hydrogens is 393 g/mol. The molecule has 3 rings (SSSR count). The number of rotatable bonds is 5. The van der Waals surface area contributed by atoms with Crippen molar-refractivity contribution in [3.63, 3.8) is 0 Å². The number of hydrogen-bond donors (Lipinski definition) is 1. The van der Waals surface area contributed by atoms with Crippen molar-refractivity contribution >= 4 is 50.6 Å². The lowest BCUT2D eigenvalue weighted by Crippen LogP contribution is -2.29. The Kier molecular flexibility index (Phi) is 5.62. The number of nitrogens with one attached hydrogen (secondary N) is 1. The van der Waals surface area contributed by atoms with E-state index in [0.29, 0.717) is 21.8 Å². The highest BCUT2D eigenvalue weighted by molar-refractivity contribution is 7.20. The number of fused-ring (bicyclic) bond motifs is 1. The van der Waals surface area contributed by atoms with Crippen molar-refractivity contribution in [2.45, 2.75) is 13.0 Å². The third-order valence-electron chi connectivity index (χ3n) is 3.75. The number of esters is 1. The number of benzene rings is 2. The van der Waals surface area contributed by atoms with Gasteiger partial charge in [0.15, 0.2) is 6.10 Å². The maximum Gasteiger partial charge on any atom is 0.349 e. The zero-order chi connectivity index (χ0) is 19.6. The molecule has 0 saturated heterocycles. The maximum atomic E-state index is 13.3. The molecule has 0 spiro atoms. The van der Waals surface area contributed by atoms with Crippen molar-refractivity contribution in [3.05, 3.63) is 58.2 Å². The molecule has 0 radical (unpaired) electrons. The minimum absolute atomic E-state index is 0.288. The monoisotopic (exact) mass is 407 g/mol. The van der Waals surface area contributed by atoms with Crippen LogP contribution in [0.15, 0.2) is 42.5 Å². The summed E-state index contributed by atoms with van der Waals surface area (Å²) >= 11 is 7.10. The molecule has 0 bridgehead atoms. The number of amides is 1. The smallest absolute Gasteiger partial charge is 0.349 e. The zero-order valence-electron chi connectivity index (χ0n) is 14.4. The Labute approximate surface area is 163 Å². The summed E-state index contributed by atoms with van der Waals surface area (Å²) in [5.41, 5.74) is 0.371. The Bertz CT molecular complexity index is 1020. The van der Waals surface area contributed by atoms with Gasteiger partial charge in [0.25, 0.3) is 5.91 Å². The second kappa shape index (κ2) is 7.94. The summed E-state index contributed by atoms with van der Waals surface area (Å²) in [5.74, 6) is -1.14. The number of halogens is 2. The molecule has 8 heteroatoms. The Morgan fingerprint density at radius 3 is 2.70 bits per heavy atom. The van der Waals surface area contributed by atoms with E-state index in [2.05, 4.69) is 5.32 Å². The third kappa shape index (κ3) is 4.37. The Morgan fingerprint density at radius 1 is 1.19 bits per heavy atom. The van der Waals surface area contributed by atoms with Gasteiger partial charge in [0, 0.05) is 9.72 Å². The van der Waals surface area contributed by atoms with E-state index < -0.39 is 18.0 Å². The van der Waals surface area contributed by atoms with Gasteiger partial charge in [-0.15, -0.1) is 11.3 Å². The van der Waals surface area contributed by atoms with Crippen LogP contribution in [0.4, 0.5) is 10.1 Å². The molecule has 0 aliphatic carbocycles. The Hall–Kier alpha value is -2.64. The van der Waals surface area contributed by atoms with E-state index >= 15 is 0 Å². The van der Waals surface area contributed by atoms with Crippen molar-refractivity contribution in [2.24, 2.45) is 0 Å². The van der Waals surface area contributed by atoms with E-state index in [9.17, 15) is 14.0 Å². The third-order valence-corrected chi connectivity index (χ3v) is 5.08. The number of ether oxygens (including phenoxy) is 2. The lowest BCUT2D eigenvalue weighted by Gasteiger charge is -2.15. The molecule has 1 atom stereocenters. The van der Waals surface area contributed by atoms with E-state index in [1.807, 2.05) is 0 Å². The van der Waals surface area contributed by atoms with Gasteiger partial charge >= 0.3 is 5.97 Å². The maximum absolute atomic E-state index is 13.3. The highest BCUT2D eigenvalue weighted by Gasteiger charge is 2.21. The number of carbonyl (C=O) groups is 2. The normalized spacial score (nSPS) is 11.9. The molecule has 0 saturated carbocycles. The molecule has 5 nitrogen and oxygen atoms in total. The van der Waals surface area contributed by atoms with E-state index in [-0.39, 0.29) is 10.7 Å². The molecule has 3 aromatic rings. The summed E-state index contributed by atoms with van der Waals surface area (Å²) in [6.07, 6.45) is -1.05. The second-order valence-corrected chi connectivity index (χ2v) is 7.19. The van der Waals surface area contributed by atoms with Gasteiger partial charge in [0.1, 0.15) is 16.4 Å². The van der Waals surface area contributed by atoms with Gasteiger partial charge < -0.3 is 14.8 Å². The molecule has 2 aromatic carbocycles. The van der Waals surface area contributed by atoms with E-state index in [1.54, 1.807) is 18.2 Å². The van der Waals surface area contributed by atoms with Gasteiger partial charge in [-0.3, -0.25) is 4.79 Å². The number of thiophene rings is 1.